The van der Waals surface area contributed by atoms with Crippen LogP contribution in [0.15, 0.2) is 4.99 Å². The lowest BCUT2D eigenvalue weighted by Gasteiger charge is -2.13. The van der Waals surface area contributed by atoms with Gasteiger partial charge in [0.25, 0.3) is 0 Å². The monoisotopic (exact) mass is 361 g/mol. The van der Waals surface area contributed by atoms with Crippen molar-refractivity contribution in [2.75, 3.05) is 25.4 Å². The van der Waals surface area contributed by atoms with E-state index in [0.717, 1.165) is 74.4 Å². The van der Waals surface area contributed by atoms with Gasteiger partial charge in [0.05, 0.1) is 18.0 Å². The summed E-state index contributed by atoms with van der Waals surface area (Å²) in [6, 6.07) is 0. The lowest BCUT2D eigenvalue weighted by Crippen LogP contribution is -2.22. The number of hydrogen-bond donors (Lipinski definition) is 1. The normalized spacial score (nSPS) is 19.8. The summed E-state index contributed by atoms with van der Waals surface area (Å²) in [6.45, 7) is 5.40. The summed E-state index contributed by atoms with van der Waals surface area (Å²) in [7, 11) is 0. The van der Waals surface area contributed by atoms with Gasteiger partial charge in [-0.05, 0) is 38.6 Å². The van der Waals surface area contributed by atoms with E-state index in [0.29, 0.717) is 25.3 Å². The molecule has 2 N–H and O–H groups in total. The van der Waals surface area contributed by atoms with Crippen molar-refractivity contribution in [2.45, 2.75) is 77.4 Å². The van der Waals surface area contributed by atoms with Gasteiger partial charge in [0, 0.05) is 25.1 Å². The van der Waals surface area contributed by atoms with E-state index in [4.69, 9.17) is 10.7 Å². The van der Waals surface area contributed by atoms with E-state index in [-0.39, 0.29) is 0 Å². The number of unbranched alkanes of at least 4 members (excludes halogenated alkanes) is 4. The molecule has 0 saturated carbocycles. The molecule has 0 radical (unpaired) electrons. The molecule has 0 aromatic carbocycles. The number of hydrogen-bond acceptors (Lipinski definition) is 5. The number of halogens is 1. The van der Waals surface area contributed by atoms with E-state index in [2.05, 4.69) is 21.8 Å². The Bertz CT molecular complexity index is 631. The molecule has 0 spiro atoms. The Balaban J connectivity index is 1.41. The molecule has 3 rings (SSSR count). The minimum atomic E-state index is -0.605. The maximum absolute atomic E-state index is 13.1. The second-order valence-corrected chi connectivity index (χ2v) is 7.57. The highest BCUT2D eigenvalue weighted by Crippen LogP contribution is 2.25. The Morgan fingerprint density at radius 3 is 2.73 bits per heavy atom. The first-order valence-corrected chi connectivity index (χ1v) is 10.2. The van der Waals surface area contributed by atoms with Crippen molar-refractivity contribution in [3.8, 4) is 0 Å². The van der Waals surface area contributed by atoms with E-state index in [9.17, 15) is 4.39 Å². The lowest BCUT2D eigenvalue weighted by molar-refractivity contribution is 0.283. The molecule has 0 unspecified atom stereocenters. The van der Waals surface area contributed by atoms with Gasteiger partial charge in [-0.2, -0.15) is 0 Å². The minimum Gasteiger partial charge on any atom is -0.383 e. The van der Waals surface area contributed by atoms with Crippen molar-refractivity contribution in [1.82, 2.24) is 14.9 Å². The summed E-state index contributed by atoms with van der Waals surface area (Å²) in [5.74, 6) is 1.46. The average molecular weight is 362 g/mol. The lowest BCUT2D eigenvalue weighted by atomic mass is 10.1. The fourth-order valence-corrected chi connectivity index (χ4v) is 3.81. The van der Waals surface area contributed by atoms with E-state index in [1.165, 1.54) is 12.8 Å². The Morgan fingerprint density at radius 2 is 1.96 bits per heavy atom. The molecule has 144 valence electrons. The molecule has 1 aromatic heterocycles. The predicted octanol–water partition coefficient (Wildman–Crippen LogP) is 3.70. The van der Waals surface area contributed by atoms with Crippen LogP contribution in [0.5, 0.6) is 0 Å². The molecule has 2 aliphatic rings. The predicted molar refractivity (Wildman–Crippen MR) is 104 cm³/mol. The van der Waals surface area contributed by atoms with E-state index in [1.54, 1.807) is 0 Å². The van der Waals surface area contributed by atoms with Crippen LogP contribution in [-0.2, 0) is 13.0 Å². The van der Waals surface area contributed by atoms with Crippen molar-refractivity contribution in [2.24, 2.45) is 4.99 Å². The molecule has 1 saturated heterocycles. The molecule has 0 bridgehead atoms. The quantitative estimate of drug-likeness (QED) is 0.645. The number of aromatic nitrogens is 2. The summed E-state index contributed by atoms with van der Waals surface area (Å²) < 4.78 is 13.1. The minimum absolute atomic E-state index is 0.605. The van der Waals surface area contributed by atoms with Gasteiger partial charge < -0.3 is 10.6 Å². The fourth-order valence-electron chi connectivity index (χ4n) is 3.81. The molecule has 0 amide bonds. The van der Waals surface area contributed by atoms with Crippen LogP contribution in [0.3, 0.4) is 0 Å². The number of nitrogens with two attached hydrogens (primary N) is 1. The molecule has 2 aliphatic heterocycles. The molecule has 1 aromatic rings. The summed E-state index contributed by atoms with van der Waals surface area (Å²) in [4.78, 5) is 16.1. The third-order valence-electron chi connectivity index (χ3n) is 5.39. The zero-order valence-electron chi connectivity index (χ0n) is 16.0. The second-order valence-electron chi connectivity index (χ2n) is 7.57. The number of aryl methyl sites for hydroxylation is 1. The van der Waals surface area contributed by atoms with Crippen LogP contribution in [0.4, 0.5) is 10.2 Å². The molecular weight excluding hydrogens is 329 g/mol. The van der Waals surface area contributed by atoms with Crippen LogP contribution in [-0.4, -0.2) is 46.4 Å². The van der Waals surface area contributed by atoms with Crippen molar-refractivity contribution in [3.63, 3.8) is 0 Å². The van der Waals surface area contributed by atoms with Gasteiger partial charge in [-0.25, -0.2) is 14.4 Å². The van der Waals surface area contributed by atoms with Gasteiger partial charge in [0.2, 0.25) is 0 Å². The van der Waals surface area contributed by atoms with Gasteiger partial charge in [0.1, 0.15) is 17.8 Å². The van der Waals surface area contributed by atoms with E-state index in [1.807, 2.05) is 0 Å². The van der Waals surface area contributed by atoms with Gasteiger partial charge in [-0.3, -0.25) is 4.99 Å². The smallest absolute Gasteiger partial charge is 0.132 e. The topological polar surface area (TPSA) is 67.4 Å². The van der Waals surface area contributed by atoms with Gasteiger partial charge in [-0.15, -0.1) is 0 Å². The number of alkyl halides is 1. The number of aliphatic imine (C=N–C) groups is 1. The van der Waals surface area contributed by atoms with Crippen LogP contribution in [0, 0.1) is 0 Å². The van der Waals surface area contributed by atoms with Crippen LogP contribution in [0.25, 0.3) is 0 Å². The third kappa shape index (κ3) is 5.00. The average Bonchev–Trinajstić information content (AvgIpc) is 3.22. The molecule has 26 heavy (non-hydrogen) atoms. The highest BCUT2D eigenvalue weighted by atomic mass is 19.1. The zero-order valence-corrected chi connectivity index (χ0v) is 16.0. The zero-order chi connectivity index (χ0) is 18.4. The SMILES string of the molecule is CCCCc1nc(N)c2c(n1)C(CCCCCCN1CC[C@@H](F)C1)=NC2. The molecule has 6 heteroatoms. The number of nitrogens with zero attached hydrogens (tertiary/aromatic N) is 4. The van der Waals surface area contributed by atoms with Crippen LogP contribution in [0.1, 0.15) is 75.4 Å². The molecule has 3 heterocycles. The molecule has 1 fully saturated rings. The Labute approximate surface area is 156 Å². The van der Waals surface area contributed by atoms with E-state index < -0.39 is 6.17 Å². The first-order chi connectivity index (χ1) is 12.7. The summed E-state index contributed by atoms with van der Waals surface area (Å²) >= 11 is 0. The maximum atomic E-state index is 13.1. The van der Waals surface area contributed by atoms with Crippen LogP contribution in [0.2, 0.25) is 0 Å². The molecular formula is C20H32FN5. The fraction of sp³-hybridized carbons (Fsp3) is 0.750. The first-order valence-electron chi connectivity index (χ1n) is 10.2. The summed E-state index contributed by atoms with van der Waals surface area (Å²) in [6.07, 6.45) is 8.84. The molecule has 1 atom stereocenters. The molecule has 0 aliphatic carbocycles. The van der Waals surface area contributed by atoms with E-state index >= 15 is 0 Å². The van der Waals surface area contributed by atoms with Crippen LogP contribution < -0.4 is 5.73 Å². The standard InChI is InChI=1S/C20H32FN5/c1-2-3-9-18-24-19-16(20(22)25-18)13-23-17(19)8-6-4-5-7-11-26-12-10-15(21)14-26/h15H,2-14H2,1H3,(H2,22,24,25)/t15-/m1/s1. The van der Waals surface area contributed by atoms with Crippen LogP contribution >= 0.6 is 0 Å². The Kier molecular flexibility index (Phi) is 6.94. The van der Waals surface area contributed by atoms with Crippen molar-refractivity contribution in [3.05, 3.63) is 17.1 Å². The first kappa shape index (κ1) is 19.2. The Hall–Kier alpha value is -1.56. The van der Waals surface area contributed by atoms with Gasteiger partial charge in [0.15, 0.2) is 0 Å². The van der Waals surface area contributed by atoms with Crippen molar-refractivity contribution < 1.29 is 4.39 Å². The van der Waals surface area contributed by atoms with Gasteiger partial charge in [-0.1, -0.05) is 26.2 Å². The number of fused-ring (bicyclic) bond motifs is 1. The Morgan fingerprint density at radius 1 is 1.12 bits per heavy atom. The second kappa shape index (κ2) is 9.40. The third-order valence-corrected chi connectivity index (χ3v) is 5.39. The maximum Gasteiger partial charge on any atom is 0.132 e. The van der Waals surface area contributed by atoms with Crippen molar-refractivity contribution >= 4 is 11.5 Å². The van der Waals surface area contributed by atoms with Crippen molar-refractivity contribution in [1.29, 1.82) is 0 Å². The number of anilines is 1. The highest BCUT2D eigenvalue weighted by molar-refractivity contribution is 6.02. The summed E-state index contributed by atoms with van der Waals surface area (Å²) in [5.41, 5.74) is 9.22. The highest BCUT2D eigenvalue weighted by Gasteiger charge is 2.22. The number of likely N-dealkylation sites (tertiary alicyclic amines) is 1. The largest absolute Gasteiger partial charge is 0.383 e. The number of rotatable bonds is 10. The number of nitrogen functional groups attached to an aromatic ring is 1. The van der Waals surface area contributed by atoms with Gasteiger partial charge >= 0.3 is 0 Å². The summed E-state index contributed by atoms with van der Waals surface area (Å²) in [5, 5.41) is 0. The molecule has 5 nitrogen and oxygen atoms in total.